The van der Waals surface area contributed by atoms with Crippen molar-refractivity contribution in [1.29, 1.82) is 0 Å². The monoisotopic (exact) mass is 310 g/mol. The van der Waals surface area contributed by atoms with Gasteiger partial charge in [-0.2, -0.15) is 0 Å². The van der Waals surface area contributed by atoms with E-state index in [0.717, 1.165) is 0 Å². The molecule has 0 radical (unpaired) electrons. The summed E-state index contributed by atoms with van der Waals surface area (Å²) < 4.78 is 18.1. The molecule has 0 amide bonds. The lowest BCUT2D eigenvalue weighted by Gasteiger charge is -2.44. The molecule has 0 aromatic rings. The molecule has 0 saturated carbocycles. The summed E-state index contributed by atoms with van der Waals surface area (Å²) in [4.78, 5) is 0. The van der Waals surface area contributed by atoms with Gasteiger partial charge in [-0.15, -0.1) is 0 Å². The van der Waals surface area contributed by atoms with E-state index in [1.165, 1.54) is 0 Å². The van der Waals surface area contributed by atoms with Crippen molar-refractivity contribution in [1.82, 2.24) is 0 Å². The lowest BCUT2D eigenvalue weighted by atomic mass is 10.6. The quantitative estimate of drug-likeness (QED) is 0.579. The Balaban J connectivity index is 5.20. The van der Waals surface area contributed by atoms with Gasteiger partial charge in [-0.25, -0.2) is 0 Å². The van der Waals surface area contributed by atoms with Crippen molar-refractivity contribution in [2.45, 2.75) is 64.9 Å². The molecule has 0 heterocycles. The van der Waals surface area contributed by atoms with Gasteiger partial charge < -0.3 is 18.4 Å². The number of hydrogen-bond acceptors (Lipinski definition) is 4. The van der Waals surface area contributed by atoms with Crippen molar-refractivity contribution in [3.8, 4) is 0 Å². The molecule has 1 N–H and O–H groups in total. The van der Waals surface area contributed by atoms with Crippen LogP contribution in [0.1, 0.15) is 0 Å². The molecule has 0 aliphatic rings. The summed E-state index contributed by atoms with van der Waals surface area (Å²) in [5, 5.41) is 9.76. The summed E-state index contributed by atoms with van der Waals surface area (Å²) in [6.45, 7) is 18.4. The van der Waals surface area contributed by atoms with Crippen molar-refractivity contribution in [2.24, 2.45) is 0 Å². The molecule has 0 rings (SSSR count). The highest BCUT2D eigenvalue weighted by Crippen LogP contribution is 2.28. The third-order valence-corrected chi connectivity index (χ3v) is 4.35. The average Bonchev–Trinajstić information content (AvgIpc) is 1.93. The second-order valence-electron chi connectivity index (χ2n) is 7.48. The first-order valence-corrected chi connectivity index (χ1v) is 16.6. The molecule has 7 heteroatoms. The number of aliphatic hydroxyl groups excluding tert-OH is 1. The van der Waals surface area contributed by atoms with Gasteiger partial charge in [0.2, 0.25) is 0 Å². The zero-order valence-corrected chi connectivity index (χ0v) is 16.4. The molecule has 0 atom stereocenters. The van der Waals surface area contributed by atoms with Gasteiger partial charge in [0.1, 0.15) is 6.61 Å². The summed E-state index contributed by atoms with van der Waals surface area (Å²) in [5.41, 5.74) is 0. The van der Waals surface area contributed by atoms with E-state index >= 15 is 0 Å². The molecule has 0 spiro atoms. The van der Waals surface area contributed by atoms with Crippen LogP contribution in [0.4, 0.5) is 0 Å². The third-order valence-electron chi connectivity index (χ3n) is 1.58. The van der Waals surface area contributed by atoms with E-state index in [9.17, 15) is 5.11 Å². The van der Waals surface area contributed by atoms with Gasteiger partial charge >= 0.3 is 0 Å². The molecular weight excluding hydrogens is 280 g/mol. The van der Waals surface area contributed by atoms with Gasteiger partial charge in [-0.05, 0) is 58.9 Å². The summed E-state index contributed by atoms with van der Waals surface area (Å²) in [6, 6.07) is 0. The number of aliphatic hydroxyl groups is 1. The Kier molecular flexibility index (Phi) is 6.02. The van der Waals surface area contributed by atoms with Crippen LogP contribution in [0.3, 0.4) is 0 Å². The van der Waals surface area contributed by atoms with Crippen LogP contribution in [0.25, 0.3) is 0 Å². The Labute approximate surface area is 115 Å². The van der Waals surface area contributed by atoms with Gasteiger partial charge in [-0.3, -0.25) is 0 Å². The van der Waals surface area contributed by atoms with E-state index in [2.05, 4.69) is 58.9 Å². The Morgan fingerprint density at radius 3 is 1.00 bits per heavy atom. The molecule has 0 aliphatic carbocycles. The fourth-order valence-corrected chi connectivity index (χ4v) is 5.05. The number of rotatable bonds is 7. The van der Waals surface area contributed by atoms with Crippen LogP contribution in [-0.2, 0) is 13.3 Å². The summed E-state index contributed by atoms with van der Waals surface area (Å²) in [5.74, 6) is -1.26. The van der Waals surface area contributed by atoms with Crippen LogP contribution in [-0.4, -0.2) is 42.6 Å². The van der Waals surface area contributed by atoms with Gasteiger partial charge in [0.05, 0.1) is 0 Å². The normalized spacial score (nSPS) is 15.0. The average molecular weight is 311 g/mol. The first-order chi connectivity index (χ1) is 7.68. The largest absolute Gasteiger partial charge is 0.388 e. The Hall–Kier alpha value is 0.491. The molecule has 0 aliphatic heterocycles. The maximum Gasteiger partial charge on any atom is 0.279 e. The maximum absolute atomic E-state index is 9.76. The summed E-state index contributed by atoms with van der Waals surface area (Å²) in [7, 11) is -5.64. The van der Waals surface area contributed by atoms with Gasteiger partial charge in [0.25, 0.3) is 5.97 Å². The Bertz CT molecular complexity index is 222. The van der Waals surface area contributed by atoms with E-state index in [4.69, 9.17) is 13.3 Å². The first-order valence-electron chi connectivity index (χ1n) is 6.39. The maximum atomic E-state index is 9.76. The van der Waals surface area contributed by atoms with Crippen molar-refractivity contribution in [3.63, 3.8) is 0 Å². The van der Waals surface area contributed by atoms with Gasteiger partial charge in [0.15, 0.2) is 25.0 Å². The highest BCUT2D eigenvalue weighted by atomic mass is 28.4. The SMILES string of the molecule is C[Si](C)(C)OC(CO)(O[Si](C)(C)C)O[Si](C)(C)C. The molecule has 18 heavy (non-hydrogen) atoms. The van der Waals surface area contributed by atoms with E-state index in [1.54, 1.807) is 0 Å². The highest BCUT2D eigenvalue weighted by molar-refractivity contribution is 6.72. The molecule has 0 bridgehead atoms. The van der Waals surface area contributed by atoms with Crippen LogP contribution in [0.15, 0.2) is 0 Å². The second kappa shape index (κ2) is 5.86. The van der Waals surface area contributed by atoms with Crippen molar-refractivity contribution in [2.75, 3.05) is 6.61 Å². The minimum absolute atomic E-state index is 0.258. The fraction of sp³-hybridized carbons (Fsp3) is 1.00. The molecule has 0 aromatic heterocycles. The summed E-state index contributed by atoms with van der Waals surface area (Å²) >= 11 is 0. The Morgan fingerprint density at radius 1 is 0.667 bits per heavy atom. The minimum Gasteiger partial charge on any atom is -0.388 e. The Morgan fingerprint density at radius 2 is 0.889 bits per heavy atom. The zero-order valence-electron chi connectivity index (χ0n) is 13.4. The third kappa shape index (κ3) is 8.57. The lowest BCUT2D eigenvalue weighted by molar-refractivity contribution is -0.287. The molecule has 0 aromatic carbocycles. The van der Waals surface area contributed by atoms with E-state index in [0.29, 0.717) is 0 Å². The topological polar surface area (TPSA) is 47.9 Å². The van der Waals surface area contributed by atoms with Gasteiger partial charge in [0, 0.05) is 0 Å². The lowest BCUT2D eigenvalue weighted by Crippen LogP contribution is -2.58. The molecular formula is C11H30O4Si3. The standard InChI is InChI=1S/C11H30O4Si3/c1-16(2,3)13-11(10-12,14-17(4,5)6)15-18(7,8)9/h12H,10H2,1-9H3. The van der Waals surface area contributed by atoms with Crippen LogP contribution < -0.4 is 0 Å². The smallest absolute Gasteiger partial charge is 0.279 e. The second-order valence-corrected chi connectivity index (χ2v) is 20.8. The molecule has 0 unspecified atom stereocenters. The molecule has 0 saturated heterocycles. The fourth-order valence-electron chi connectivity index (χ4n) is 1.56. The molecule has 4 nitrogen and oxygen atoms in total. The van der Waals surface area contributed by atoms with E-state index in [1.807, 2.05) is 0 Å². The van der Waals surface area contributed by atoms with Crippen LogP contribution >= 0.6 is 0 Å². The first kappa shape index (κ1) is 18.5. The predicted molar refractivity (Wildman–Crippen MR) is 83.1 cm³/mol. The van der Waals surface area contributed by atoms with Crippen LogP contribution in [0.5, 0.6) is 0 Å². The zero-order chi connectivity index (χ0) is 14.8. The van der Waals surface area contributed by atoms with Crippen molar-refractivity contribution < 1.29 is 18.4 Å². The van der Waals surface area contributed by atoms with Crippen molar-refractivity contribution in [3.05, 3.63) is 0 Å². The van der Waals surface area contributed by atoms with E-state index in [-0.39, 0.29) is 6.61 Å². The predicted octanol–water partition coefficient (Wildman–Crippen LogP) is 3.19. The molecule has 0 fully saturated rings. The summed E-state index contributed by atoms with van der Waals surface area (Å²) in [6.07, 6.45) is 0. The number of hydrogen-bond donors (Lipinski definition) is 1. The van der Waals surface area contributed by atoms with Crippen LogP contribution in [0.2, 0.25) is 58.9 Å². The van der Waals surface area contributed by atoms with Gasteiger partial charge in [-0.1, -0.05) is 0 Å². The van der Waals surface area contributed by atoms with E-state index < -0.39 is 30.9 Å². The van der Waals surface area contributed by atoms with Crippen LogP contribution in [0, 0.1) is 0 Å². The van der Waals surface area contributed by atoms with Crippen molar-refractivity contribution >= 4 is 25.0 Å². The molecule has 110 valence electrons. The minimum atomic E-state index is -1.88. The highest BCUT2D eigenvalue weighted by Gasteiger charge is 2.44.